The van der Waals surface area contributed by atoms with Gasteiger partial charge in [0.15, 0.2) is 0 Å². The zero-order chi connectivity index (χ0) is 17.9. The SMILES string of the molecule is O=C(NO)c1ccc2cnn(Cc3ccc(-c4ccccc4)cc3)c2c1. The van der Waals surface area contributed by atoms with Crippen molar-refractivity contribution in [2.75, 3.05) is 0 Å². The monoisotopic (exact) mass is 343 g/mol. The lowest BCUT2D eigenvalue weighted by atomic mass is 10.0. The predicted octanol–water partition coefficient (Wildman–Crippen LogP) is 3.87. The summed E-state index contributed by atoms with van der Waals surface area (Å²) in [5.74, 6) is -0.535. The molecule has 0 atom stereocenters. The minimum Gasteiger partial charge on any atom is -0.288 e. The van der Waals surface area contributed by atoms with Gasteiger partial charge in [0.25, 0.3) is 5.91 Å². The van der Waals surface area contributed by atoms with Crippen LogP contribution in [0.1, 0.15) is 15.9 Å². The average molecular weight is 343 g/mol. The number of aromatic nitrogens is 2. The van der Waals surface area contributed by atoms with E-state index in [0.717, 1.165) is 16.5 Å². The Labute approximate surface area is 150 Å². The lowest BCUT2D eigenvalue weighted by Gasteiger charge is -2.07. The Balaban J connectivity index is 1.62. The van der Waals surface area contributed by atoms with Crippen LogP contribution in [0.25, 0.3) is 22.0 Å². The van der Waals surface area contributed by atoms with Gasteiger partial charge in [-0.1, -0.05) is 60.7 Å². The molecule has 1 aromatic heterocycles. The molecule has 128 valence electrons. The second-order valence-corrected chi connectivity index (χ2v) is 6.08. The predicted molar refractivity (Wildman–Crippen MR) is 100.0 cm³/mol. The van der Waals surface area contributed by atoms with Gasteiger partial charge >= 0.3 is 0 Å². The topological polar surface area (TPSA) is 67.2 Å². The van der Waals surface area contributed by atoms with Crippen LogP contribution in [0.5, 0.6) is 0 Å². The van der Waals surface area contributed by atoms with Crippen molar-refractivity contribution in [2.24, 2.45) is 0 Å². The second kappa shape index (κ2) is 6.82. The van der Waals surface area contributed by atoms with E-state index in [1.54, 1.807) is 23.8 Å². The summed E-state index contributed by atoms with van der Waals surface area (Å²) in [4.78, 5) is 11.6. The Hall–Kier alpha value is -3.44. The first-order chi connectivity index (χ1) is 12.7. The normalized spacial score (nSPS) is 10.8. The largest absolute Gasteiger partial charge is 0.288 e. The molecule has 0 unspecified atom stereocenters. The van der Waals surface area contributed by atoms with E-state index in [-0.39, 0.29) is 0 Å². The molecule has 0 radical (unpaired) electrons. The summed E-state index contributed by atoms with van der Waals surface area (Å²) in [5, 5.41) is 14.2. The molecule has 0 saturated carbocycles. The number of hydroxylamine groups is 1. The van der Waals surface area contributed by atoms with Gasteiger partial charge in [0.05, 0.1) is 18.3 Å². The third-order valence-corrected chi connectivity index (χ3v) is 4.40. The molecule has 0 saturated heterocycles. The van der Waals surface area contributed by atoms with Gasteiger partial charge in [-0.25, -0.2) is 5.48 Å². The second-order valence-electron chi connectivity index (χ2n) is 6.08. The van der Waals surface area contributed by atoms with Crippen LogP contribution in [0.3, 0.4) is 0 Å². The van der Waals surface area contributed by atoms with Gasteiger partial charge in [0.2, 0.25) is 0 Å². The molecule has 0 bridgehead atoms. The van der Waals surface area contributed by atoms with Gasteiger partial charge in [-0.15, -0.1) is 0 Å². The van der Waals surface area contributed by atoms with E-state index in [1.165, 1.54) is 11.1 Å². The number of nitrogens with zero attached hydrogens (tertiary/aromatic N) is 2. The van der Waals surface area contributed by atoms with Crippen molar-refractivity contribution in [1.29, 1.82) is 0 Å². The zero-order valence-corrected chi connectivity index (χ0v) is 14.0. The van der Waals surface area contributed by atoms with Gasteiger partial charge < -0.3 is 0 Å². The summed E-state index contributed by atoms with van der Waals surface area (Å²) in [6.45, 7) is 0.600. The minimum absolute atomic E-state index is 0.390. The van der Waals surface area contributed by atoms with Gasteiger partial charge in [0, 0.05) is 10.9 Å². The summed E-state index contributed by atoms with van der Waals surface area (Å²) in [5.41, 5.74) is 6.37. The van der Waals surface area contributed by atoms with Crippen molar-refractivity contribution in [1.82, 2.24) is 15.3 Å². The number of hydrogen-bond acceptors (Lipinski definition) is 3. The number of carbonyl (C=O) groups is 1. The number of carbonyl (C=O) groups excluding carboxylic acids is 1. The van der Waals surface area contributed by atoms with E-state index >= 15 is 0 Å². The molecule has 3 aromatic carbocycles. The van der Waals surface area contributed by atoms with Crippen LogP contribution in [0.4, 0.5) is 0 Å². The highest BCUT2D eigenvalue weighted by Crippen LogP contribution is 2.21. The number of nitrogens with one attached hydrogen (secondary N) is 1. The van der Waals surface area contributed by atoms with Crippen LogP contribution in [0.15, 0.2) is 79.0 Å². The van der Waals surface area contributed by atoms with Crippen molar-refractivity contribution in [3.8, 4) is 11.1 Å². The molecular weight excluding hydrogens is 326 g/mol. The highest BCUT2D eigenvalue weighted by Gasteiger charge is 2.09. The molecule has 5 heteroatoms. The first-order valence-electron chi connectivity index (χ1n) is 8.29. The molecule has 1 heterocycles. The number of amides is 1. The summed E-state index contributed by atoms with van der Waals surface area (Å²) >= 11 is 0. The van der Waals surface area contributed by atoms with Crippen LogP contribution >= 0.6 is 0 Å². The maximum Gasteiger partial charge on any atom is 0.274 e. The van der Waals surface area contributed by atoms with Gasteiger partial charge in [0.1, 0.15) is 0 Å². The number of hydrogen-bond donors (Lipinski definition) is 2. The number of benzene rings is 3. The van der Waals surface area contributed by atoms with Gasteiger partial charge in [-0.05, 0) is 28.8 Å². The van der Waals surface area contributed by atoms with E-state index in [9.17, 15) is 4.79 Å². The standard InChI is InChI=1S/C21H17N3O2/c25-21(23-26)18-10-11-19-13-22-24(20(19)12-18)14-15-6-8-17(9-7-15)16-4-2-1-3-5-16/h1-13,26H,14H2,(H,23,25). The Morgan fingerprint density at radius 3 is 2.42 bits per heavy atom. The van der Waals surface area contributed by atoms with Crippen molar-refractivity contribution >= 4 is 16.8 Å². The first kappa shape index (κ1) is 16.1. The minimum atomic E-state index is -0.535. The molecule has 0 aliphatic carbocycles. The van der Waals surface area contributed by atoms with Crippen molar-refractivity contribution in [3.63, 3.8) is 0 Å². The van der Waals surface area contributed by atoms with Crippen molar-refractivity contribution < 1.29 is 10.0 Å². The molecule has 1 amide bonds. The molecular formula is C21H17N3O2. The lowest BCUT2D eigenvalue weighted by Crippen LogP contribution is -2.18. The van der Waals surface area contributed by atoms with Crippen LogP contribution < -0.4 is 5.48 Å². The average Bonchev–Trinajstić information content (AvgIpc) is 3.10. The maximum absolute atomic E-state index is 11.6. The van der Waals surface area contributed by atoms with E-state index < -0.39 is 5.91 Å². The van der Waals surface area contributed by atoms with Crippen LogP contribution in [0.2, 0.25) is 0 Å². The van der Waals surface area contributed by atoms with Crippen molar-refractivity contribution in [3.05, 3.63) is 90.1 Å². The molecule has 0 fully saturated rings. The van der Waals surface area contributed by atoms with Crippen LogP contribution in [-0.2, 0) is 6.54 Å². The molecule has 5 nitrogen and oxygen atoms in total. The van der Waals surface area contributed by atoms with Crippen LogP contribution in [0, 0.1) is 0 Å². The highest BCUT2D eigenvalue weighted by molar-refractivity contribution is 5.97. The molecule has 2 N–H and O–H groups in total. The molecule has 0 spiro atoms. The van der Waals surface area contributed by atoms with E-state index in [0.29, 0.717) is 12.1 Å². The summed E-state index contributed by atoms with van der Waals surface area (Å²) in [6.07, 6.45) is 1.77. The Morgan fingerprint density at radius 2 is 1.69 bits per heavy atom. The molecule has 4 aromatic rings. The third kappa shape index (κ3) is 3.08. The van der Waals surface area contributed by atoms with Gasteiger partial charge in [-0.3, -0.25) is 14.7 Å². The van der Waals surface area contributed by atoms with E-state index in [1.807, 2.05) is 28.9 Å². The van der Waals surface area contributed by atoms with E-state index in [2.05, 4.69) is 41.5 Å². The van der Waals surface area contributed by atoms with Crippen LogP contribution in [-0.4, -0.2) is 20.9 Å². The molecule has 0 aliphatic heterocycles. The highest BCUT2D eigenvalue weighted by atomic mass is 16.5. The summed E-state index contributed by atoms with van der Waals surface area (Å²) < 4.78 is 1.85. The zero-order valence-electron chi connectivity index (χ0n) is 14.0. The third-order valence-electron chi connectivity index (χ3n) is 4.40. The fourth-order valence-corrected chi connectivity index (χ4v) is 3.01. The first-order valence-corrected chi connectivity index (χ1v) is 8.29. The fraction of sp³-hybridized carbons (Fsp3) is 0.0476. The smallest absolute Gasteiger partial charge is 0.274 e. The Bertz CT molecular complexity index is 1050. The van der Waals surface area contributed by atoms with Gasteiger partial charge in [-0.2, -0.15) is 5.10 Å². The Kier molecular flexibility index (Phi) is 4.21. The summed E-state index contributed by atoms with van der Waals surface area (Å²) in [7, 11) is 0. The molecule has 0 aliphatic rings. The maximum atomic E-state index is 11.6. The Morgan fingerprint density at radius 1 is 0.962 bits per heavy atom. The molecule has 26 heavy (non-hydrogen) atoms. The fourth-order valence-electron chi connectivity index (χ4n) is 3.01. The summed E-state index contributed by atoms with van der Waals surface area (Å²) in [6, 6.07) is 23.8. The number of rotatable bonds is 4. The van der Waals surface area contributed by atoms with Crippen molar-refractivity contribution in [2.45, 2.75) is 6.54 Å². The number of fused-ring (bicyclic) bond motifs is 1. The lowest BCUT2D eigenvalue weighted by molar-refractivity contribution is 0.0706. The van der Waals surface area contributed by atoms with E-state index in [4.69, 9.17) is 5.21 Å². The molecule has 4 rings (SSSR count). The quantitative estimate of drug-likeness (QED) is 0.437.